The molecule has 1 saturated carbocycles. The quantitative estimate of drug-likeness (QED) is 0.496. The number of nitrogens with zero attached hydrogens (tertiary/aromatic N) is 3. The molecule has 2 amide bonds. The number of fused-ring (bicyclic) bond motifs is 1. The van der Waals surface area contributed by atoms with Gasteiger partial charge in [0.1, 0.15) is 18.1 Å². The molecule has 3 N–H and O–H groups in total. The van der Waals surface area contributed by atoms with Crippen molar-refractivity contribution in [1.29, 1.82) is 0 Å². The van der Waals surface area contributed by atoms with Crippen molar-refractivity contribution in [3.05, 3.63) is 48.4 Å². The molecule has 2 aliphatic rings. The van der Waals surface area contributed by atoms with Crippen LogP contribution in [0.1, 0.15) is 55.1 Å². The molecule has 2 fully saturated rings. The minimum atomic E-state index is -0.325. The van der Waals surface area contributed by atoms with Crippen LogP contribution in [0, 0.1) is 5.92 Å². The van der Waals surface area contributed by atoms with Gasteiger partial charge in [-0.15, -0.1) is 0 Å². The van der Waals surface area contributed by atoms with E-state index in [0.717, 1.165) is 43.0 Å². The van der Waals surface area contributed by atoms with Crippen LogP contribution in [0.2, 0.25) is 0 Å². The van der Waals surface area contributed by atoms with Crippen molar-refractivity contribution in [1.82, 2.24) is 20.1 Å². The molecule has 1 aliphatic carbocycles. The SMILES string of the molecule is O=C1CC[C@H](COc2cc3nn(C4CCC(CO)CC4)cc3cc2NC(=O)c2ccccn2)N1. The highest BCUT2D eigenvalue weighted by atomic mass is 16.5. The molecule has 3 aromatic rings. The summed E-state index contributed by atoms with van der Waals surface area (Å²) in [6.07, 6.45) is 8.75. The summed E-state index contributed by atoms with van der Waals surface area (Å²) in [6.45, 7) is 0.560. The third kappa shape index (κ3) is 4.89. The zero-order valence-corrected chi connectivity index (χ0v) is 18.9. The van der Waals surface area contributed by atoms with Crippen LogP contribution in [0.5, 0.6) is 5.75 Å². The number of aromatic nitrogens is 3. The highest BCUT2D eigenvalue weighted by molar-refractivity contribution is 6.05. The molecule has 0 spiro atoms. The van der Waals surface area contributed by atoms with Gasteiger partial charge in [0.05, 0.1) is 23.3 Å². The van der Waals surface area contributed by atoms with Crippen LogP contribution in [0.25, 0.3) is 10.9 Å². The molecule has 0 unspecified atom stereocenters. The fourth-order valence-corrected chi connectivity index (χ4v) is 4.74. The minimum absolute atomic E-state index is 0.0300. The molecule has 9 nitrogen and oxygen atoms in total. The summed E-state index contributed by atoms with van der Waals surface area (Å²) in [7, 11) is 0. The van der Waals surface area contributed by atoms with E-state index >= 15 is 0 Å². The van der Waals surface area contributed by atoms with Crippen LogP contribution in [0.4, 0.5) is 5.69 Å². The van der Waals surface area contributed by atoms with Gasteiger partial charge in [-0.2, -0.15) is 5.10 Å². The second-order valence-corrected chi connectivity index (χ2v) is 9.16. The van der Waals surface area contributed by atoms with E-state index in [1.54, 1.807) is 24.4 Å². The van der Waals surface area contributed by atoms with Gasteiger partial charge in [0.15, 0.2) is 0 Å². The standard InChI is InChI=1S/C25H29N5O4/c31-14-16-4-7-19(8-5-16)30-13-17-11-22(28-25(33)20-3-1-2-10-26-20)23(12-21(17)29-30)34-15-18-6-9-24(32)27-18/h1-3,10-13,16,18-19,31H,4-9,14-15H2,(H,27,32)(H,28,33)/t16?,18-,19?/m1/s1. The van der Waals surface area contributed by atoms with Crippen molar-refractivity contribution >= 4 is 28.4 Å². The lowest BCUT2D eigenvalue weighted by molar-refractivity contribution is -0.119. The van der Waals surface area contributed by atoms with Gasteiger partial charge in [-0.05, 0) is 56.2 Å². The predicted octanol–water partition coefficient (Wildman–Crippen LogP) is 3.06. The van der Waals surface area contributed by atoms with Gasteiger partial charge in [0.25, 0.3) is 5.91 Å². The highest BCUT2D eigenvalue weighted by Gasteiger charge is 2.24. The molecule has 1 aliphatic heterocycles. The van der Waals surface area contributed by atoms with E-state index in [9.17, 15) is 14.7 Å². The maximum atomic E-state index is 12.8. The Labute approximate surface area is 197 Å². The highest BCUT2D eigenvalue weighted by Crippen LogP contribution is 2.35. The maximum Gasteiger partial charge on any atom is 0.274 e. The summed E-state index contributed by atoms with van der Waals surface area (Å²) < 4.78 is 8.07. The molecule has 2 aromatic heterocycles. The Balaban J connectivity index is 1.40. The van der Waals surface area contributed by atoms with Crippen LogP contribution < -0.4 is 15.4 Å². The molecule has 0 radical (unpaired) electrons. The molecule has 9 heteroatoms. The van der Waals surface area contributed by atoms with E-state index in [2.05, 4.69) is 15.6 Å². The van der Waals surface area contributed by atoms with Crippen LogP contribution in [0.15, 0.2) is 42.7 Å². The number of nitrogens with one attached hydrogen (secondary N) is 2. The number of carbonyl (C=O) groups excluding carboxylic acids is 2. The van der Waals surface area contributed by atoms with Gasteiger partial charge in [-0.1, -0.05) is 6.07 Å². The molecule has 5 rings (SSSR count). The zero-order chi connectivity index (χ0) is 23.5. The number of anilines is 1. The molecule has 1 atom stereocenters. The Morgan fingerprint density at radius 1 is 1.21 bits per heavy atom. The van der Waals surface area contributed by atoms with Gasteiger partial charge < -0.3 is 20.5 Å². The summed E-state index contributed by atoms with van der Waals surface area (Å²) >= 11 is 0. The monoisotopic (exact) mass is 463 g/mol. The van der Waals surface area contributed by atoms with E-state index in [1.807, 2.05) is 23.0 Å². The summed E-state index contributed by atoms with van der Waals surface area (Å²) in [4.78, 5) is 28.5. The first-order chi connectivity index (χ1) is 16.6. The largest absolute Gasteiger partial charge is 0.489 e. The lowest BCUT2D eigenvalue weighted by Crippen LogP contribution is -2.31. The maximum absolute atomic E-state index is 12.8. The molecule has 178 valence electrons. The van der Waals surface area contributed by atoms with Crippen molar-refractivity contribution in [3.8, 4) is 5.75 Å². The molecule has 0 bridgehead atoms. The number of aliphatic hydroxyl groups is 1. The van der Waals surface area contributed by atoms with Crippen LogP contribution >= 0.6 is 0 Å². The summed E-state index contributed by atoms with van der Waals surface area (Å²) in [5.41, 5.74) is 1.63. The van der Waals surface area contributed by atoms with Crippen LogP contribution in [-0.4, -0.2) is 50.9 Å². The Bertz CT molecular complexity index is 1170. The van der Waals surface area contributed by atoms with Crippen LogP contribution in [-0.2, 0) is 4.79 Å². The summed E-state index contributed by atoms with van der Waals surface area (Å²) in [6, 6.07) is 9.14. The van der Waals surface area contributed by atoms with E-state index in [-0.39, 0.29) is 24.5 Å². The van der Waals surface area contributed by atoms with Gasteiger partial charge in [-0.3, -0.25) is 19.3 Å². The predicted molar refractivity (Wildman–Crippen MR) is 127 cm³/mol. The van der Waals surface area contributed by atoms with Gasteiger partial charge >= 0.3 is 0 Å². The second-order valence-electron chi connectivity index (χ2n) is 9.16. The lowest BCUT2D eigenvalue weighted by atomic mass is 9.87. The minimum Gasteiger partial charge on any atom is -0.489 e. The molecule has 3 heterocycles. The summed E-state index contributed by atoms with van der Waals surface area (Å²) in [5.74, 6) is 0.592. The Hall–Kier alpha value is -3.46. The first-order valence-corrected chi connectivity index (χ1v) is 11.9. The first-order valence-electron chi connectivity index (χ1n) is 11.9. The number of pyridine rings is 1. The third-order valence-electron chi connectivity index (χ3n) is 6.74. The number of ether oxygens (including phenoxy) is 1. The van der Waals surface area contributed by atoms with E-state index in [1.165, 1.54) is 0 Å². The van der Waals surface area contributed by atoms with E-state index in [0.29, 0.717) is 42.1 Å². The fraction of sp³-hybridized carbons (Fsp3) is 0.440. The van der Waals surface area contributed by atoms with E-state index in [4.69, 9.17) is 9.84 Å². The molecule has 1 saturated heterocycles. The van der Waals surface area contributed by atoms with Crippen molar-refractivity contribution in [2.45, 2.75) is 50.6 Å². The van der Waals surface area contributed by atoms with Crippen LogP contribution in [0.3, 0.4) is 0 Å². The Kier molecular flexibility index (Phi) is 6.44. The fourth-order valence-electron chi connectivity index (χ4n) is 4.74. The molecular formula is C25H29N5O4. The molecule has 1 aromatic carbocycles. The second kappa shape index (κ2) is 9.80. The van der Waals surface area contributed by atoms with Crippen molar-refractivity contribution < 1.29 is 19.4 Å². The Morgan fingerprint density at radius 3 is 2.76 bits per heavy atom. The number of aliphatic hydroxyl groups excluding tert-OH is 1. The van der Waals surface area contributed by atoms with Gasteiger partial charge in [-0.25, -0.2) is 0 Å². The number of hydrogen-bond acceptors (Lipinski definition) is 6. The topological polar surface area (TPSA) is 118 Å². The number of amides is 2. The van der Waals surface area contributed by atoms with Gasteiger partial charge in [0, 0.05) is 36.9 Å². The average Bonchev–Trinajstić information content (AvgIpc) is 3.48. The van der Waals surface area contributed by atoms with E-state index < -0.39 is 0 Å². The van der Waals surface area contributed by atoms with Crippen molar-refractivity contribution in [3.63, 3.8) is 0 Å². The zero-order valence-electron chi connectivity index (χ0n) is 18.9. The lowest BCUT2D eigenvalue weighted by Gasteiger charge is -2.27. The number of benzene rings is 1. The molecule has 34 heavy (non-hydrogen) atoms. The number of rotatable bonds is 7. The average molecular weight is 464 g/mol. The summed E-state index contributed by atoms with van der Waals surface area (Å²) in [5, 5.41) is 21.0. The normalized spacial score (nSPS) is 22.5. The van der Waals surface area contributed by atoms with Crippen molar-refractivity contribution in [2.75, 3.05) is 18.5 Å². The number of hydrogen-bond donors (Lipinski definition) is 3. The Morgan fingerprint density at radius 2 is 2.06 bits per heavy atom. The first kappa shape index (κ1) is 22.3. The van der Waals surface area contributed by atoms with Crippen molar-refractivity contribution in [2.24, 2.45) is 5.92 Å². The third-order valence-corrected chi connectivity index (χ3v) is 6.74. The molecular weight excluding hydrogens is 434 g/mol. The van der Waals surface area contributed by atoms with Gasteiger partial charge in [0.2, 0.25) is 5.91 Å². The number of carbonyl (C=O) groups is 2. The smallest absolute Gasteiger partial charge is 0.274 e.